The molecule has 0 bridgehead atoms. The molecule has 0 aliphatic carbocycles. The topological polar surface area (TPSA) is 44.8 Å². The van der Waals surface area contributed by atoms with E-state index >= 15 is 0 Å². The van der Waals surface area contributed by atoms with Crippen LogP contribution < -0.4 is 15.0 Å². The molecule has 1 N–H and O–H groups in total. The Bertz CT molecular complexity index is 1020. The number of halogens is 2. The van der Waals surface area contributed by atoms with Gasteiger partial charge in [-0.25, -0.2) is 4.39 Å². The largest absolute Gasteiger partial charge is 0.497 e. The average Bonchev–Trinajstić information content (AvgIpc) is 2.79. The highest BCUT2D eigenvalue weighted by Gasteiger charge is 2.19. The summed E-state index contributed by atoms with van der Waals surface area (Å²) in [6, 6.07) is 18.2. The normalized spacial score (nSPS) is 14.2. The number of carbonyl (C=O) groups is 1. The van der Waals surface area contributed by atoms with E-state index in [0.717, 1.165) is 38.5 Å². The predicted molar refractivity (Wildman–Crippen MR) is 125 cm³/mol. The van der Waals surface area contributed by atoms with E-state index in [2.05, 4.69) is 45.4 Å². The van der Waals surface area contributed by atoms with E-state index in [-0.39, 0.29) is 24.1 Å². The lowest BCUT2D eigenvalue weighted by atomic mass is 10.1. The van der Waals surface area contributed by atoms with Gasteiger partial charge in [-0.1, -0.05) is 18.2 Å². The molecule has 1 fully saturated rings. The van der Waals surface area contributed by atoms with Crippen LogP contribution in [0.15, 0.2) is 60.7 Å². The zero-order valence-corrected chi connectivity index (χ0v) is 18.3. The lowest BCUT2D eigenvalue weighted by Crippen LogP contribution is -2.48. The van der Waals surface area contributed by atoms with Gasteiger partial charge in [0.05, 0.1) is 7.11 Å². The first-order valence-electron chi connectivity index (χ1n) is 10.2. The number of ether oxygens (including phenoxy) is 1. The lowest BCUT2D eigenvalue weighted by Gasteiger charge is -2.36. The SMILES string of the molecule is COc1ccc2cccc(N3CCN(CCNC(=O)c4ccc(F)cc4)CC3)c2c1.Cl. The van der Waals surface area contributed by atoms with Crippen molar-refractivity contribution in [3.05, 3.63) is 72.0 Å². The number of nitrogens with zero attached hydrogens (tertiary/aromatic N) is 2. The second-order valence-electron chi connectivity index (χ2n) is 7.46. The maximum absolute atomic E-state index is 13.0. The first kappa shape index (κ1) is 22.8. The Morgan fingerprint density at radius 2 is 1.77 bits per heavy atom. The van der Waals surface area contributed by atoms with Crippen molar-refractivity contribution in [3.8, 4) is 5.75 Å². The van der Waals surface area contributed by atoms with Gasteiger partial charge in [0.1, 0.15) is 11.6 Å². The maximum atomic E-state index is 13.0. The third kappa shape index (κ3) is 5.46. The Balaban J connectivity index is 0.00000272. The number of carbonyl (C=O) groups excluding carboxylic acids is 1. The highest BCUT2D eigenvalue weighted by Crippen LogP contribution is 2.30. The van der Waals surface area contributed by atoms with Crippen LogP contribution in [0.25, 0.3) is 10.8 Å². The molecule has 1 heterocycles. The summed E-state index contributed by atoms with van der Waals surface area (Å²) in [4.78, 5) is 16.9. The summed E-state index contributed by atoms with van der Waals surface area (Å²) in [6.07, 6.45) is 0. The standard InChI is InChI=1S/C24H26FN3O2.ClH/c1-30-21-10-7-18-3-2-4-23(22(18)17-21)28-15-13-27(14-16-28)12-11-26-24(29)19-5-8-20(25)9-6-19;/h2-10,17H,11-16H2,1H3,(H,26,29);1H. The first-order valence-corrected chi connectivity index (χ1v) is 10.2. The minimum absolute atomic E-state index is 0. The third-order valence-electron chi connectivity index (χ3n) is 5.60. The van der Waals surface area contributed by atoms with Crippen LogP contribution in [0.5, 0.6) is 5.75 Å². The molecule has 0 saturated carbocycles. The number of fused-ring (bicyclic) bond motifs is 1. The minimum Gasteiger partial charge on any atom is -0.497 e. The molecule has 3 aromatic rings. The summed E-state index contributed by atoms with van der Waals surface area (Å²) in [5, 5.41) is 5.33. The average molecular weight is 444 g/mol. The Morgan fingerprint density at radius 3 is 2.48 bits per heavy atom. The van der Waals surface area contributed by atoms with Gasteiger partial charge in [-0.05, 0) is 47.9 Å². The van der Waals surface area contributed by atoms with Gasteiger partial charge in [-0.2, -0.15) is 0 Å². The number of hydrogen-bond donors (Lipinski definition) is 1. The van der Waals surface area contributed by atoms with Crippen molar-refractivity contribution in [1.29, 1.82) is 0 Å². The summed E-state index contributed by atoms with van der Waals surface area (Å²) >= 11 is 0. The number of rotatable bonds is 6. The van der Waals surface area contributed by atoms with Crippen molar-refractivity contribution in [1.82, 2.24) is 10.2 Å². The Labute approximate surface area is 188 Å². The van der Waals surface area contributed by atoms with E-state index in [4.69, 9.17) is 4.74 Å². The molecule has 164 valence electrons. The highest BCUT2D eigenvalue weighted by atomic mass is 35.5. The van der Waals surface area contributed by atoms with Crippen LogP contribution in [0.4, 0.5) is 10.1 Å². The number of anilines is 1. The molecule has 1 aliphatic rings. The monoisotopic (exact) mass is 443 g/mol. The van der Waals surface area contributed by atoms with Crippen LogP contribution in [0.1, 0.15) is 10.4 Å². The number of methoxy groups -OCH3 is 1. The second kappa shape index (κ2) is 10.5. The number of amides is 1. The molecule has 0 atom stereocenters. The fourth-order valence-electron chi connectivity index (χ4n) is 3.88. The molecule has 4 rings (SSSR count). The first-order chi connectivity index (χ1) is 14.6. The molecular formula is C24H27ClFN3O2. The molecule has 1 aliphatic heterocycles. The van der Waals surface area contributed by atoms with Gasteiger partial charge in [-0.15, -0.1) is 12.4 Å². The number of piperazine rings is 1. The van der Waals surface area contributed by atoms with Crippen LogP contribution in [0.3, 0.4) is 0 Å². The van der Waals surface area contributed by atoms with E-state index < -0.39 is 0 Å². The highest BCUT2D eigenvalue weighted by molar-refractivity contribution is 5.95. The molecular weight excluding hydrogens is 417 g/mol. The molecule has 1 amide bonds. The Kier molecular flexibility index (Phi) is 7.71. The fraction of sp³-hybridized carbons (Fsp3) is 0.292. The maximum Gasteiger partial charge on any atom is 0.251 e. The zero-order chi connectivity index (χ0) is 20.9. The van der Waals surface area contributed by atoms with E-state index in [9.17, 15) is 9.18 Å². The summed E-state index contributed by atoms with van der Waals surface area (Å²) in [7, 11) is 1.69. The molecule has 7 heteroatoms. The van der Waals surface area contributed by atoms with Crippen molar-refractivity contribution in [3.63, 3.8) is 0 Å². The summed E-state index contributed by atoms with van der Waals surface area (Å²) in [6.45, 7) is 5.11. The van der Waals surface area contributed by atoms with Gasteiger partial charge in [0.15, 0.2) is 0 Å². The van der Waals surface area contributed by atoms with Crippen molar-refractivity contribution < 1.29 is 13.9 Å². The van der Waals surface area contributed by atoms with Gasteiger partial charge in [0.2, 0.25) is 0 Å². The van der Waals surface area contributed by atoms with Crippen LogP contribution in [-0.4, -0.2) is 57.2 Å². The summed E-state index contributed by atoms with van der Waals surface area (Å²) in [5.41, 5.74) is 1.71. The van der Waals surface area contributed by atoms with Gasteiger partial charge in [-0.3, -0.25) is 9.69 Å². The van der Waals surface area contributed by atoms with Crippen LogP contribution in [-0.2, 0) is 0 Å². The number of nitrogens with one attached hydrogen (secondary N) is 1. The zero-order valence-electron chi connectivity index (χ0n) is 17.5. The predicted octanol–water partition coefficient (Wildman–Crippen LogP) is 3.96. The van der Waals surface area contributed by atoms with E-state index in [1.807, 2.05) is 6.07 Å². The minimum atomic E-state index is -0.339. The van der Waals surface area contributed by atoms with E-state index in [0.29, 0.717) is 12.1 Å². The van der Waals surface area contributed by atoms with Gasteiger partial charge >= 0.3 is 0 Å². The summed E-state index contributed by atoms with van der Waals surface area (Å²) < 4.78 is 18.4. The van der Waals surface area contributed by atoms with Gasteiger partial charge in [0, 0.05) is 55.9 Å². The molecule has 0 unspecified atom stereocenters. The smallest absolute Gasteiger partial charge is 0.251 e. The van der Waals surface area contributed by atoms with Crippen molar-refractivity contribution in [2.45, 2.75) is 0 Å². The molecule has 1 saturated heterocycles. The molecule has 0 radical (unpaired) electrons. The Morgan fingerprint density at radius 1 is 1.03 bits per heavy atom. The van der Waals surface area contributed by atoms with Crippen molar-refractivity contribution >= 4 is 34.8 Å². The second-order valence-corrected chi connectivity index (χ2v) is 7.46. The lowest BCUT2D eigenvalue weighted by molar-refractivity contribution is 0.0947. The van der Waals surface area contributed by atoms with E-state index in [1.54, 1.807) is 7.11 Å². The quantitative estimate of drug-likeness (QED) is 0.626. The van der Waals surface area contributed by atoms with Crippen LogP contribution >= 0.6 is 12.4 Å². The molecule has 0 aromatic heterocycles. The third-order valence-corrected chi connectivity index (χ3v) is 5.60. The van der Waals surface area contributed by atoms with E-state index in [1.165, 1.54) is 40.7 Å². The molecule has 5 nitrogen and oxygen atoms in total. The van der Waals surface area contributed by atoms with Gasteiger partial charge in [0.25, 0.3) is 5.91 Å². The van der Waals surface area contributed by atoms with Crippen molar-refractivity contribution in [2.24, 2.45) is 0 Å². The number of benzene rings is 3. The summed E-state index contributed by atoms with van der Waals surface area (Å²) in [5.74, 6) is 0.359. The van der Waals surface area contributed by atoms with Crippen LogP contribution in [0.2, 0.25) is 0 Å². The molecule has 0 spiro atoms. The Hall–Kier alpha value is -2.83. The molecule has 3 aromatic carbocycles. The fourth-order valence-corrected chi connectivity index (χ4v) is 3.88. The van der Waals surface area contributed by atoms with Crippen LogP contribution in [0, 0.1) is 5.82 Å². The molecule has 31 heavy (non-hydrogen) atoms. The number of hydrogen-bond acceptors (Lipinski definition) is 4. The van der Waals surface area contributed by atoms with Gasteiger partial charge < -0.3 is 15.0 Å². The van der Waals surface area contributed by atoms with Crippen molar-refractivity contribution in [2.75, 3.05) is 51.3 Å².